The van der Waals surface area contributed by atoms with E-state index in [1.54, 1.807) is 0 Å². The Morgan fingerprint density at radius 2 is 1.75 bits per heavy atom. The average Bonchev–Trinajstić information content (AvgIpc) is 2.20. The van der Waals surface area contributed by atoms with Crippen molar-refractivity contribution in [2.24, 2.45) is 0 Å². The number of rotatable bonds is 4. The molecule has 1 aromatic carbocycles. The summed E-state index contributed by atoms with van der Waals surface area (Å²) in [5.41, 5.74) is 0.502. The summed E-state index contributed by atoms with van der Waals surface area (Å²) >= 11 is 3.05. The van der Waals surface area contributed by atoms with Crippen LogP contribution < -0.4 is 0 Å². The standard InChI is InChI=1S/C10H9BrF4O/c11-5-9(16-6-10(13,14)15)7-1-3-8(12)4-2-7/h1-4,9H,5-6H2. The lowest BCUT2D eigenvalue weighted by Crippen LogP contribution is -2.20. The first-order valence-electron chi connectivity index (χ1n) is 4.42. The van der Waals surface area contributed by atoms with Crippen LogP contribution >= 0.6 is 15.9 Å². The zero-order valence-corrected chi connectivity index (χ0v) is 9.69. The predicted molar refractivity (Wildman–Crippen MR) is 54.9 cm³/mol. The van der Waals surface area contributed by atoms with E-state index in [4.69, 9.17) is 0 Å². The van der Waals surface area contributed by atoms with E-state index in [9.17, 15) is 17.6 Å². The smallest absolute Gasteiger partial charge is 0.363 e. The van der Waals surface area contributed by atoms with E-state index < -0.39 is 24.7 Å². The average molecular weight is 301 g/mol. The van der Waals surface area contributed by atoms with Crippen LogP contribution in [0.25, 0.3) is 0 Å². The molecule has 0 aromatic heterocycles. The van der Waals surface area contributed by atoms with Crippen LogP contribution in [0.15, 0.2) is 24.3 Å². The van der Waals surface area contributed by atoms with Gasteiger partial charge in [-0.1, -0.05) is 28.1 Å². The molecule has 1 unspecified atom stereocenters. The van der Waals surface area contributed by atoms with Gasteiger partial charge in [0.1, 0.15) is 12.4 Å². The van der Waals surface area contributed by atoms with Crippen molar-refractivity contribution in [1.82, 2.24) is 0 Å². The zero-order chi connectivity index (χ0) is 12.2. The fraction of sp³-hybridized carbons (Fsp3) is 0.400. The summed E-state index contributed by atoms with van der Waals surface area (Å²) in [6.07, 6.45) is -5.09. The summed E-state index contributed by atoms with van der Waals surface area (Å²) in [6.45, 7) is -1.32. The highest BCUT2D eigenvalue weighted by Crippen LogP contribution is 2.24. The molecule has 0 spiro atoms. The maximum atomic E-state index is 12.6. The molecular weight excluding hydrogens is 292 g/mol. The lowest BCUT2D eigenvalue weighted by molar-refractivity contribution is -0.183. The molecule has 0 amide bonds. The van der Waals surface area contributed by atoms with Gasteiger partial charge >= 0.3 is 6.18 Å². The lowest BCUT2D eigenvalue weighted by Gasteiger charge is -2.17. The monoisotopic (exact) mass is 300 g/mol. The number of halogens is 5. The number of hydrogen-bond donors (Lipinski definition) is 0. The zero-order valence-electron chi connectivity index (χ0n) is 8.10. The molecule has 0 aliphatic heterocycles. The highest BCUT2D eigenvalue weighted by Gasteiger charge is 2.29. The minimum atomic E-state index is -4.36. The van der Waals surface area contributed by atoms with Gasteiger partial charge in [-0.05, 0) is 17.7 Å². The normalized spacial score (nSPS) is 13.8. The van der Waals surface area contributed by atoms with Crippen molar-refractivity contribution in [3.8, 4) is 0 Å². The third-order valence-corrected chi connectivity index (χ3v) is 2.42. The summed E-state index contributed by atoms with van der Waals surface area (Å²) in [6, 6.07) is 5.17. The van der Waals surface area contributed by atoms with Crippen molar-refractivity contribution in [1.29, 1.82) is 0 Å². The summed E-state index contributed by atoms with van der Waals surface area (Å²) in [5.74, 6) is -0.437. The Morgan fingerprint density at radius 1 is 1.19 bits per heavy atom. The van der Waals surface area contributed by atoms with Crippen LogP contribution in [0.4, 0.5) is 17.6 Å². The van der Waals surface area contributed by atoms with Gasteiger partial charge in [0.2, 0.25) is 0 Å². The summed E-state index contributed by atoms with van der Waals surface area (Å²) < 4.78 is 53.1. The Labute approximate surface area is 98.5 Å². The van der Waals surface area contributed by atoms with E-state index in [0.717, 1.165) is 0 Å². The van der Waals surface area contributed by atoms with E-state index in [2.05, 4.69) is 20.7 Å². The molecule has 0 aliphatic carbocycles. The number of alkyl halides is 4. The molecule has 0 aliphatic rings. The first-order chi connectivity index (χ1) is 7.42. The Hall–Kier alpha value is -0.620. The van der Waals surface area contributed by atoms with Crippen molar-refractivity contribution >= 4 is 15.9 Å². The molecule has 0 N–H and O–H groups in total. The highest BCUT2D eigenvalue weighted by molar-refractivity contribution is 9.09. The molecule has 1 aromatic rings. The minimum absolute atomic E-state index is 0.217. The van der Waals surface area contributed by atoms with Crippen molar-refractivity contribution in [2.45, 2.75) is 12.3 Å². The third-order valence-electron chi connectivity index (χ3n) is 1.83. The van der Waals surface area contributed by atoms with Crippen LogP contribution in [0.5, 0.6) is 0 Å². The fourth-order valence-corrected chi connectivity index (χ4v) is 1.66. The molecule has 16 heavy (non-hydrogen) atoms. The molecule has 0 heterocycles. The van der Waals surface area contributed by atoms with Gasteiger partial charge in [-0.2, -0.15) is 13.2 Å². The van der Waals surface area contributed by atoms with Gasteiger partial charge in [0, 0.05) is 5.33 Å². The van der Waals surface area contributed by atoms with Crippen molar-refractivity contribution in [3.05, 3.63) is 35.6 Å². The van der Waals surface area contributed by atoms with Crippen LogP contribution in [0.1, 0.15) is 11.7 Å². The van der Waals surface area contributed by atoms with Crippen LogP contribution in [-0.2, 0) is 4.74 Å². The quantitative estimate of drug-likeness (QED) is 0.606. The molecule has 0 bridgehead atoms. The fourth-order valence-electron chi connectivity index (χ4n) is 1.10. The highest BCUT2D eigenvalue weighted by atomic mass is 79.9. The van der Waals surface area contributed by atoms with Gasteiger partial charge in [-0.15, -0.1) is 0 Å². The maximum absolute atomic E-state index is 12.6. The molecule has 1 atom stereocenters. The Kier molecular flexibility index (Phi) is 4.73. The summed E-state index contributed by atoms with van der Waals surface area (Å²) in [5, 5.41) is 0.217. The predicted octanol–water partition coefficient (Wildman–Crippen LogP) is 3.84. The van der Waals surface area contributed by atoms with Gasteiger partial charge in [0.15, 0.2) is 0 Å². The molecule has 90 valence electrons. The van der Waals surface area contributed by atoms with Gasteiger partial charge in [-0.25, -0.2) is 4.39 Å². The molecule has 0 saturated carbocycles. The lowest BCUT2D eigenvalue weighted by atomic mass is 10.1. The number of hydrogen-bond acceptors (Lipinski definition) is 1. The Bertz CT molecular complexity index is 323. The molecule has 0 radical (unpaired) electrons. The molecule has 6 heteroatoms. The van der Waals surface area contributed by atoms with Crippen LogP contribution in [-0.4, -0.2) is 18.1 Å². The Morgan fingerprint density at radius 3 is 2.19 bits per heavy atom. The topological polar surface area (TPSA) is 9.23 Å². The molecule has 0 saturated heterocycles. The van der Waals surface area contributed by atoms with E-state index in [-0.39, 0.29) is 5.33 Å². The van der Waals surface area contributed by atoms with Crippen LogP contribution in [0.3, 0.4) is 0 Å². The van der Waals surface area contributed by atoms with E-state index >= 15 is 0 Å². The summed E-state index contributed by atoms with van der Waals surface area (Å²) in [4.78, 5) is 0. The van der Waals surface area contributed by atoms with Crippen molar-refractivity contribution in [3.63, 3.8) is 0 Å². The van der Waals surface area contributed by atoms with Crippen molar-refractivity contribution in [2.75, 3.05) is 11.9 Å². The molecule has 1 nitrogen and oxygen atoms in total. The summed E-state index contributed by atoms with van der Waals surface area (Å²) in [7, 11) is 0. The second-order valence-corrected chi connectivity index (χ2v) is 3.77. The maximum Gasteiger partial charge on any atom is 0.411 e. The first-order valence-corrected chi connectivity index (χ1v) is 5.54. The Balaban J connectivity index is 2.64. The first kappa shape index (κ1) is 13.4. The second-order valence-electron chi connectivity index (χ2n) is 3.12. The van der Waals surface area contributed by atoms with Gasteiger partial charge < -0.3 is 4.74 Å². The van der Waals surface area contributed by atoms with E-state index in [1.165, 1.54) is 24.3 Å². The van der Waals surface area contributed by atoms with Gasteiger partial charge in [-0.3, -0.25) is 0 Å². The van der Waals surface area contributed by atoms with Gasteiger partial charge in [0.25, 0.3) is 0 Å². The van der Waals surface area contributed by atoms with Crippen molar-refractivity contribution < 1.29 is 22.3 Å². The van der Waals surface area contributed by atoms with E-state index in [1.807, 2.05) is 0 Å². The molecular formula is C10H9BrF4O. The van der Waals surface area contributed by atoms with Crippen LogP contribution in [0, 0.1) is 5.82 Å². The van der Waals surface area contributed by atoms with Crippen LogP contribution in [0.2, 0.25) is 0 Å². The minimum Gasteiger partial charge on any atom is -0.363 e. The number of ether oxygens (including phenoxy) is 1. The molecule has 1 rings (SSSR count). The van der Waals surface area contributed by atoms with Gasteiger partial charge in [0.05, 0.1) is 6.10 Å². The molecule has 0 fully saturated rings. The van der Waals surface area contributed by atoms with E-state index in [0.29, 0.717) is 5.56 Å². The number of benzene rings is 1. The largest absolute Gasteiger partial charge is 0.411 e. The third kappa shape index (κ3) is 4.49. The second kappa shape index (κ2) is 5.63. The SMILES string of the molecule is Fc1ccc(C(CBr)OCC(F)(F)F)cc1.